The summed E-state index contributed by atoms with van der Waals surface area (Å²) >= 11 is 0. The van der Waals surface area contributed by atoms with Crippen LogP contribution in [-0.2, 0) is 22.6 Å². The number of hydrogen-bond acceptors (Lipinski definition) is 2. The third kappa shape index (κ3) is 3.95. The molecule has 2 nitrogen and oxygen atoms in total. The lowest BCUT2D eigenvalue weighted by Gasteiger charge is -2.22. The van der Waals surface area contributed by atoms with Gasteiger partial charge in [0.25, 0.3) is 0 Å². The Bertz CT molecular complexity index is 544. The topological polar surface area (TPSA) is 26.3 Å². The van der Waals surface area contributed by atoms with Gasteiger partial charge in [-0.1, -0.05) is 60.7 Å². The minimum Gasteiger partial charge on any atom is -0.460 e. The van der Waals surface area contributed by atoms with Gasteiger partial charge in [0.15, 0.2) is 0 Å². The zero-order chi connectivity index (χ0) is 14.4. The van der Waals surface area contributed by atoms with Crippen LogP contribution in [0.15, 0.2) is 60.7 Å². The van der Waals surface area contributed by atoms with E-state index in [4.69, 9.17) is 4.74 Å². The molecule has 2 aromatic carbocycles. The lowest BCUT2D eigenvalue weighted by molar-refractivity contribution is -0.155. The number of ether oxygens (including phenoxy) is 1. The van der Waals surface area contributed by atoms with E-state index in [0.717, 1.165) is 11.1 Å². The van der Waals surface area contributed by atoms with Crippen LogP contribution in [0.1, 0.15) is 25.0 Å². The van der Waals surface area contributed by atoms with Crippen LogP contribution in [0.5, 0.6) is 0 Å². The van der Waals surface area contributed by atoms with Gasteiger partial charge >= 0.3 is 5.97 Å². The maximum atomic E-state index is 12.2. The van der Waals surface area contributed by atoms with Gasteiger partial charge in [-0.05, 0) is 31.4 Å². The molecule has 0 aliphatic rings. The van der Waals surface area contributed by atoms with Gasteiger partial charge in [0, 0.05) is 0 Å². The maximum absolute atomic E-state index is 12.2. The molecule has 0 heterocycles. The average molecular weight is 268 g/mol. The summed E-state index contributed by atoms with van der Waals surface area (Å²) in [6.07, 6.45) is 0.682. The van der Waals surface area contributed by atoms with Gasteiger partial charge in [-0.3, -0.25) is 4.79 Å². The summed E-state index contributed by atoms with van der Waals surface area (Å²) in [7, 11) is 0. The minimum atomic E-state index is -0.518. The fourth-order valence-electron chi connectivity index (χ4n) is 2.10. The van der Waals surface area contributed by atoms with E-state index in [0.29, 0.717) is 13.0 Å². The first-order valence-corrected chi connectivity index (χ1v) is 6.83. The summed E-state index contributed by atoms with van der Waals surface area (Å²) in [4.78, 5) is 12.2. The predicted molar refractivity (Wildman–Crippen MR) is 80.2 cm³/mol. The summed E-state index contributed by atoms with van der Waals surface area (Å²) in [6.45, 7) is 4.18. The van der Waals surface area contributed by atoms with Gasteiger partial charge in [-0.2, -0.15) is 0 Å². The summed E-state index contributed by atoms with van der Waals surface area (Å²) in [6, 6.07) is 19.8. The fraction of sp³-hybridized carbons (Fsp3) is 0.278. The molecule has 0 bridgehead atoms. The normalized spacial score (nSPS) is 11.1. The second-order valence-corrected chi connectivity index (χ2v) is 5.61. The van der Waals surface area contributed by atoms with Crippen LogP contribution in [-0.4, -0.2) is 5.97 Å². The van der Waals surface area contributed by atoms with E-state index in [9.17, 15) is 4.79 Å². The highest BCUT2D eigenvalue weighted by Crippen LogP contribution is 2.24. The Balaban J connectivity index is 1.93. The first-order chi connectivity index (χ1) is 9.58. The third-order valence-electron chi connectivity index (χ3n) is 3.25. The van der Waals surface area contributed by atoms with E-state index in [1.165, 1.54) is 0 Å². The molecule has 0 aliphatic heterocycles. The zero-order valence-electron chi connectivity index (χ0n) is 12.0. The highest BCUT2D eigenvalue weighted by molar-refractivity contribution is 5.76. The lowest BCUT2D eigenvalue weighted by atomic mass is 9.86. The smallest absolute Gasteiger partial charge is 0.312 e. The molecule has 0 fully saturated rings. The molecule has 0 saturated heterocycles. The molecule has 0 amide bonds. The molecule has 0 unspecified atom stereocenters. The summed E-state index contributed by atoms with van der Waals surface area (Å²) in [5, 5.41) is 0. The second kappa shape index (κ2) is 6.38. The Morgan fingerprint density at radius 2 is 1.40 bits per heavy atom. The third-order valence-corrected chi connectivity index (χ3v) is 3.25. The average Bonchev–Trinajstić information content (AvgIpc) is 2.46. The van der Waals surface area contributed by atoms with Crippen molar-refractivity contribution in [1.82, 2.24) is 0 Å². The van der Waals surface area contributed by atoms with Gasteiger partial charge in [-0.15, -0.1) is 0 Å². The Morgan fingerprint density at radius 3 is 1.95 bits per heavy atom. The van der Waals surface area contributed by atoms with Crippen LogP contribution in [0, 0.1) is 5.41 Å². The van der Waals surface area contributed by atoms with Crippen LogP contribution in [0.3, 0.4) is 0 Å². The van der Waals surface area contributed by atoms with Crippen molar-refractivity contribution in [3.05, 3.63) is 71.8 Å². The molecule has 104 valence electrons. The lowest BCUT2D eigenvalue weighted by Crippen LogP contribution is -2.28. The van der Waals surface area contributed by atoms with Crippen molar-refractivity contribution in [2.75, 3.05) is 0 Å². The van der Waals surface area contributed by atoms with Crippen LogP contribution in [0.4, 0.5) is 0 Å². The van der Waals surface area contributed by atoms with Crippen molar-refractivity contribution >= 4 is 5.97 Å². The van der Waals surface area contributed by atoms with Gasteiger partial charge in [0.1, 0.15) is 6.61 Å². The fourth-order valence-corrected chi connectivity index (χ4v) is 2.10. The number of carbonyl (C=O) groups excluding carboxylic acids is 1. The maximum Gasteiger partial charge on any atom is 0.312 e. The highest BCUT2D eigenvalue weighted by Gasteiger charge is 2.29. The van der Waals surface area contributed by atoms with Crippen LogP contribution in [0.25, 0.3) is 0 Å². The van der Waals surface area contributed by atoms with Crippen molar-refractivity contribution in [3.8, 4) is 0 Å². The Labute approximate surface area is 120 Å². The number of hydrogen-bond donors (Lipinski definition) is 0. The second-order valence-electron chi connectivity index (χ2n) is 5.61. The minimum absolute atomic E-state index is 0.162. The number of benzene rings is 2. The number of esters is 1. The number of rotatable bonds is 5. The largest absolute Gasteiger partial charge is 0.460 e. The van der Waals surface area contributed by atoms with E-state index in [1.54, 1.807) is 0 Å². The van der Waals surface area contributed by atoms with E-state index in [1.807, 2.05) is 74.5 Å². The summed E-state index contributed by atoms with van der Waals surface area (Å²) in [5.74, 6) is -0.162. The van der Waals surface area contributed by atoms with Crippen molar-refractivity contribution in [3.63, 3.8) is 0 Å². The van der Waals surface area contributed by atoms with Gasteiger partial charge < -0.3 is 4.74 Å². The Hall–Kier alpha value is -2.09. The SMILES string of the molecule is CC(C)(Cc1ccccc1)C(=O)OCc1ccccc1. The standard InChI is InChI=1S/C18H20O2/c1-18(2,13-15-9-5-3-6-10-15)17(19)20-14-16-11-7-4-8-12-16/h3-12H,13-14H2,1-2H3. The zero-order valence-corrected chi connectivity index (χ0v) is 12.0. The molecule has 0 aromatic heterocycles. The molecule has 2 heteroatoms. The molecule has 2 rings (SSSR count). The van der Waals surface area contributed by atoms with E-state index < -0.39 is 5.41 Å². The van der Waals surface area contributed by atoms with E-state index in [2.05, 4.69) is 0 Å². The monoisotopic (exact) mass is 268 g/mol. The van der Waals surface area contributed by atoms with Crippen LogP contribution in [0.2, 0.25) is 0 Å². The molecule has 0 saturated carbocycles. The summed E-state index contributed by atoms with van der Waals surface area (Å²) < 4.78 is 5.43. The Kier molecular flexibility index (Phi) is 4.57. The number of carbonyl (C=O) groups is 1. The van der Waals surface area contributed by atoms with Gasteiger partial charge in [0.2, 0.25) is 0 Å². The van der Waals surface area contributed by atoms with Crippen molar-refractivity contribution in [1.29, 1.82) is 0 Å². The highest BCUT2D eigenvalue weighted by atomic mass is 16.5. The molecular formula is C18H20O2. The molecular weight excluding hydrogens is 248 g/mol. The van der Waals surface area contributed by atoms with Crippen molar-refractivity contribution in [2.24, 2.45) is 5.41 Å². The first-order valence-electron chi connectivity index (χ1n) is 6.83. The molecule has 0 spiro atoms. The van der Waals surface area contributed by atoms with Crippen molar-refractivity contribution in [2.45, 2.75) is 26.9 Å². The quantitative estimate of drug-likeness (QED) is 0.766. The molecule has 2 aromatic rings. The van der Waals surface area contributed by atoms with Gasteiger partial charge in [0.05, 0.1) is 5.41 Å². The molecule has 0 atom stereocenters. The summed E-state index contributed by atoms with van der Waals surface area (Å²) in [5.41, 5.74) is 1.64. The van der Waals surface area contributed by atoms with Crippen LogP contribution >= 0.6 is 0 Å². The predicted octanol–water partition coefficient (Wildman–Crippen LogP) is 4.00. The molecule has 0 N–H and O–H groups in total. The van der Waals surface area contributed by atoms with Crippen molar-refractivity contribution < 1.29 is 9.53 Å². The molecule has 0 aliphatic carbocycles. The van der Waals surface area contributed by atoms with E-state index in [-0.39, 0.29) is 5.97 Å². The van der Waals surface area contributed by atoms with Crippen LogP contribution < -0.4 is 0 Å². The Morgan fingerprint density at radius 1 is 0.900 bits per heavy atom. The van der Waals surface area contributed by atoms with E-state index >= 15 is 0 Å². The molecule has 20 heavy (non-hydrogen) atoms. The first kappa shape index (κ1) is 14.3. The molecule has 0 radical (unpaired) electrons. The van der Waals surface area contributed by atoms with Gasteiger partial charge in [-0.25, -0.2) is 0 Å².